The molecule has 0 bridgehead atoms. The quantitative estimate of drug-likeness (QED) is 0.0411. The fraction of sp³-hybridized carbons (Fsp3) is 0.954. The monoisotopic (exact) mass is 1260 g/mol. The molecular weight excluding hydrogens is 1130 g/mol. The molecule has 22 nitrogen and oxygen atoms in total. The summed E-state index contributed by atoms with van der Waals surface area (Å²) in [5, 5.41) is 0. The van der Waals surface area contributed by atoms with Gasteiger partial charge in [-0.2, -0.15) is 0 Å². The van der Waals surface area contributed by atoms with E-state index in [0.717, 1.165) is 0 Å². The summed E-state index contributed by atoms with van der Waals surface area (Å²) in [6.07, 6.45) is -2.17. The molecule has 520 valence electrons. The standard InChI is InChI=1S/C65H128O22/c1-44(2)65(66)87-43-64(22)86-42-63(21)85-41-62(20)84-40-61(19)83-39-60(18)82-38-59(17)81-37-58(16)80-36-57(15)79-35-56(14)78-34-55(13)77-33-54(12)76-32-53(11)75-31-52(10)74-30-51(9)73-29-50(8)72-28-49(7)71-27-48(6)70-26-47(5)69-25-46(4)68-24-45(3)67-23/h45-64H,1,24-43H2,2-23H3. The van der Waals surface area contributed by atoms with E-state index in [1.807, 2.05) is 138 Å². The molecule has 0 aliphatic carbocycles. The minimum absolute atomic E-state index is 0.0237. The van der Waals surface area contributed by atoms with Gasteiger partial charge in [-0.25, -0.2) is 4.79 Å². The van der Waals surface area contributed by atoms with Gasteiger partial charge in [-0.1, -0.05) is 6.58 Å². The summed E-state index contributed by atoms with van der Waals surface area (Å²) in [4.78, 5) is 11.6. The van der Waals surface area contributed by atoms with E-state index in [1.165, 1.54) is 0 Å². The van der Waals surface area contributed by atoms with E-state index in [9.17, 15) is 4.79 Å². The first-order chi connectivity index (χ1) is 41.1. The normalized spacial score (nSPS) is 19.2. The highest BCUT2D eigenvalue weighted by atomic mass is 16.6. The summed E-state index contributed by atoms with van der Waals surface area (Å²) >= 11 is 0. The topological polar surface area (TPSA) is 211 Å². The second-order valence-corrected chi connectivity index (χ2v) is 24.2. The van der Waals surface area contributed by atoms with Gasteiger partial charge in [-0.3, -0.25) is 0 Å². The Balaban J connectivity index is 4.04. The second kappa shape index (κ2) is 52.9. The van der Waals surface area contributed by atoms with E-state index in [-0.39, 0.29) is 129 Å². The lowest BCUT2D eigenvalue weighted by Crippen LogP contribution is -2.31. The fourth-order valence-corrected chi connectivity index (χ4v) is 6.99. The molecule has 20 unspecified atom stereocenters. The van der Waals surface area contributed by atoms with Crippen molar-refractivity contribution in [2.24, 2.45) is 0 Å². The minimum Gasteiger partial charge on any atom is -0.460 e. The average molecular weight is 1260 g/mol. The average Bonchev–Trinajstić information content (AvgIpc) is 3.51. The minimum atomic E-state index is -0.426. The maximum absolute atomic E-state index is 11.6. The third kappa shape index (κ3) is 52.6. The number of methoxy groups -OCH3 is 1. The third-order valence-corrected chi connectivity index (χ3v) is 12.9. The van der Waals surface area contributed by atoms with Gasteiger partial charge in [0.25, 0.3) is 0 Å². The van der Waals surface area contributed by atoms with Crippen LogP contribution in [-0.2, 0) is 104 Å². The lowest BCUT2D eigenvalue weighted by molar-refractivity contribution is -0.144. The van der Waals surface area contributed by atoms with Gasteiger partial charge in [0.1, 0.15) is 6.61 Å². The molecule has 0 rings (SSSR count). The summed E-state index contributed by atoms with van der Waals surface area (Å²) in [7, 11) is 1.67. The van der Waals surface area contributed by atoms with E-state index in [2.05, 4.69) is 6.58 Å². The van der Waals surface area contributed by atoms with Crippen molar-refractivity contribution >= 4 is 5.97 Å². The highest BCUT2D eigenvalue weighted by molar-refractivity contribution is 5.86. The molecule has 0 spiro atoms. The number of carbonyl (C=O) groups excluding carboxylic acids is 1. The molecule has 0 aromatic rings. The van der Waals surface area contributed by atoms with Crippen LogP contribution in [0.5, 0.6) is 0 Å². The maximum Gasteiger partial charge on any atom is 0.333 e. The third-order valence-electron chi connectivity index (χ3n) is 12.9. The van der Waals surface area contributed by atoms with Crippen LogP contribution in [-0.4, -0.2) is 267 Å². The molecule has 0 heterocycles. The van der Waals surface area contributed by atoms with Gasteiger partial charge in [-0.15, -0.1) is 0 Å². The number of esters is 1. The Hall–Kier alpha value is -1.59. The molecule has 0 aromatic heterocycles. The second-order valence-electron chi connectivity index (χ2n) is 24.2. The zero-order chi connectivity index (χ0) is 65.7. The summed E-state index contributed by atoms with van der Waals surface area (Å²) < 4.78 is 123. The van der Waals surface area contributed by atoms with Crippen molar-refractivity contribution in [1.29, 1.82) is 0 Å². The molecule has 22 heteroatoms. The number of carbonyl (C=O) groups is 1. The Morgan fingerprint density at radius 3 is 0.425 bits per heavy atom. The first kappa shape index (κ1) is 85.4. The van der Waals surface area contributed by atoms with Gasteiger partial charge in [0.2, 0.25) is 0 Å². The van der Waals surface area contributed by atoms with Gasteiger partial charge < -0.3 is 99.5 Å². The van der Waals surface area contributed by atoms with Gasteiger partial charge in [0, 0.05) is 12.7 Å². The Morgan fingerprint density at radius 1 is 0.218 bits per heavy atom. The predicted octanol–water partition coefficient (Wildman–Crippen LogP) is 8.84. The smallest absolute Gasteiger partial charge is 0.333 e. The predicted molar refractivity (Wildman–Crippen MR) is 335 cm³/mol. The van der Waals surface area contributed by atoms with Crippen LogP contribution < -0.4 is 0 Å². The molecule has 0 aliphatic rings. The Morgan fingerprint density at radius 2 is 0.322 bits per heavy atom. The largest absolute Gasteiger partial charge is 0.460 e. The summed E-state index contributed by atoms with van der Waals surface area (Å²) in [5.41, 5.74) is 0.357. The van der Waals surface area contributed by atoms with Crippen molar-refractivity contribution in [3.8, 4) is 0 Å². The SMILES string of the molecule is C=C(C)C(=O)OCC(C)OCC(C)OCC(C)OCC(C)OCC(C)OCC(C)OCC(C)OCC(C)OCC(C)OCC(C)OCC(C)OCC(C)OCC(C)OCC(C)OCC(C)OCC(C)OCC(C)OCC(C)OCC(C)OCC(C)OC. The van der Waals surface area contributed by atoms with Crippen molar-refractivity contribution in [2.45, 2.75) is 267 Å². The molecule has 0 aliphatic heterocycles. The molecule has 87 heavy (non-hydrogen) atoms. The number of rotatable bonds is 61. The molecule has 0 aromatic carbocycles. The van der Waals surface area contributed by atoms with E-state index < -0.39 is 5.97 Å². The zero-order valence-corrected chi connectivity index (χ0v) is 58.4. The van der Waals surface area contributed by atoms with Crippen LogP contribution in [0, 0.1) is 0 Å². The molecule has 0 fully saturated rings. The number of hydrogen-bond donors (Lipinski definition) is 0. The van der Waals surface area contributed by atoms with E-state index >= 15 is 0 Å². The molecule has 20 atom stereocenters. The first-order valence-electron chi connectivity index (χ1n) is 32.1. The van der Waals surface area contributed by atoms with Crippen molar-refractivity contribution in [3.05, 3.63) is 12.2 Å². The molecule has 0 saturated heterocycles. The van der Waals surface area contributed by atoms with Gasteiger partial charge in [-0.05, 0) is 145 Å². The Kier molecular flexibility index (Phi) is 51.9. The number of ether oxygens (including phenoxy) is 21. The first-order valence-corrected chi connectivity index (χ1v) is 32.1. The molecule has 0 amide bonds. The Bertz CT molecular complexity index is 1600. The van der Waals surface area contributed by atoms with Crippen molar-refractivity contribution in [2.75, 3.05) is 139 Å². The molecule has 0 saturated carbocycles. The van der Waals surface area contributed by atoms with Crippen LogP contribution in [0.4, 0.5) is 0 Å². The number of hydrogen-bond acceptors (Lipinski definition) is 22. The molecule has 0 radical (unpaired) electrons. The van der Waals surface area contributed by atoms with E-state index in [4.69, 9.17) is 99.5 Å². The fourth-order valence-electron chi connectivity index (χ4n) is 6.99. The Labute approximate surface area is 527 Å². The summed E-state index contributed by atoms with van der Waals surface area (Å²) in [6, 6.07) is 0. The zero-order valence-electron chi connectivity index (χ0n) is 58.4. The van der Waals surface area contributed by atoms with Crippen molar-refractivity contribution in [3.63, 3.8) is 0 Å². The van der Waals surface area contributed by atoms with Crippen LogP contribution in [0.3, 0.4) is 0 Å². The van der Waals surface area contributed by atoms with Crippen LogP contribution >= 0.6 is 0 Å². The van der Waals surface area contributed by atoms with Crippen LogP contribution in [0.1, 0.15) is 145 Å². The van der Waals surface area contributed by atoms with Gasteiger partial charge >= 0.3 is 5.97 Å². The molecule has 0 N–H and O–H groups in total. The van der Waals surface area contributed by atoms with Crippen LogP contribution in [0.25, 0.3) is 0 Å². The summed E-state index contributed by atoms with van der Waals surface area (Å²) in [6.45, 7) is 53.1. The summed E-state index contributed by atoms with van der Waals surface area (Å²) in [5.74, 6) is -0.426. The molecular formula is C65H128O22. The maximum atomic E-state index is 11.6. The highest BCUT2D eigenvalue weighted by Gasteiger charge is 2.20. The lowest BCUT2D eigenvalue weighted by atomic mass is 10.3. The van der Waals surface area contributed by atoms with Gasteiger partial charge in [0.15, 0.2) is 0 Å². The van der Waals surface area contributed by atoms with Gasteiger partial charge in [0.05, 0.1) is 248 Å². The lowest BCUT2D eigenvalue weighted by Gasteiger charge is -2.24. The van der Waals surface area contributed by atoms with Crippen LogP contribution in [0.15, 0.2) is 12.2 Å². The van der Waals surface area contributed by atoms with Crippen molar-refractivity contribution < 1.29 is 104 Å². The van der Waals surface area contributed by atoms with E-state index in [1.54, 1.807) is 14.0 Å². The van der Waals surface area contributed by atoms with E-state index in [0.29, 0.717) is 131 Å². The highest BCUT2D eigenvalue weighted by Crippen LogP contribution is 2.11. The van der Waals surface area contributed by atoms with Crippen LogP contribution in [0.2, 0.25) is 0 Å². The van der Waals surface area contributed by atoms with Crippen molar-refractivity contribution in [1.82, 2.24) is 0 Å².